The van der Waals surface area contributed by atoms with E-state index in [0.717, 1.165) is 76.4 Å². The molecule has 2 aliphatic carbocycles. The van der Waals surface area contributed by atoms with E-state index in [2.05, 4.69) is 14.7 Å². The summed E-state index contributed by atoms with van der Waals surface area (Å²) in [7, 11) is 0. The summed E-state index contributed by atoms with van der Waals surface area (Å²) in [6.45, 7) is 4.95. The predicted molar refractivity (Wildman–Crippen MR) is 114 cm³/mol. The van der Waals surface area contributed by atoms with Crippen LogP contribution in [0.15, 0.2) is 18.2 Å². The van der Waals surface area contributed by atoms with Crippen LogP contribution in [0.3, 0.4) is 0 Å². The van der Waals surface area contributed by atoms with Gasteiger partial charge in [0, 0.05) is 56.4 Å². The van der Waals surface area contributed by atoms with E-state index in [0.29, 0.717) is 11.9 Å². The fraction of sp³-hybridized carbons (Fsp3) is 0.708. The van der Waals surface area contributed by atoms with E-state index in [1.54, 1.807) is 12.1 Å². The zero-order valence-corrected chi connectivity index (χ0v) is 17.5. The highest BCUT2D eigenvalue weighted by molar-refractivity contribution is 5.79. The molecule has 2 heterocycles. The molecule has 1 saturated heterocycles. The zero-order valence-electron chi connectivity index (χ0n) is 17.5. The summed E-state index contributed by atoms with van der Waals surface area (Å²) >= 11 is 0. The quantitative estimate of drug-likeness (QED) is 0.773. The van der Waals surface area contributed by atoms with E-state index in [1.165, 1.54) is 31.4 Å². The third-order valence-corrected chi connectivity index (χ3v) is 7.93. The van der Waals surface area contributed by atoms with Gasteiger partial charge in [-0.15, -0.1) is 0 Å². The lowest BCUT2D eigenvalue weighted by Gasteiger charge is -2.41. The van der Waals surface area contributed by atoms with Crippen molar-refractivity contribution in [3.63, 3.8) is 0 Å². The van der Waals surface area contributed by atoms with Gasteiger partial charge in [0.2, 0.25) is 5.91 Å². The van der Waals surface area contributed by atoms with Crippen LogP contribution in [0.1, 0.15) is 56.9 Å². The molecule has 1 aromatic rings. The lowest BCUT2D eigenvalue weighted by atomic mass is 9.84. The molecule has 0 spiro atoms. The Kier molecular flexibility index (Phi) is 5.51. The Balaban J connectivity index is 1.12. The number of rotatable bonds is 3. The first-order valence-electron chi connectivity index (χ1n) is 11.8. The molecule has 5 heteroatoms. The van der Waals surface area contributed by atoms with Crippen LogP contribution in [0, 0.1) is 11.7 Å². The van der Waals surface area contributed by atoms with Gasteiger partial charge in [0.05, 0.1) is 0 Å². The van der Waals surface area contributed by atoms with Crippen LogP contribution in [0.25, 0.3) is 0 Å². The molecule has 4 aliphatic rings. The number of amides is 1. The number of fused-ring (bicyclic) bond motifs is 1. The van der Waals surface area contributed by atoms with Gasteiger partial charge < -0.3 is 9.80 Å². The molecule has 0 radical (unpaired) electrons. The fourth-order valence-electron chi connectivity index (χ4n) is 6.24. The lowest BCUT2D eigenvalue weighted by Crippen LogP contribution is -2.53. The van der Waals surface area contributed by atoms with Crippen LogP contribution in [-0.4, -0.2) is 60.5 Å². The summed E-state index contributed by atoms with van der Waals surface area (Å²) in [5.74, 6) is 0.478. The molecule has 0 bridgehead atoms. The van der Waals surface area contributed by atoms with E-state index < -0.39 is 0 Å². The van der Waals surface area contributed by atoms with Crippen LogP contribution >= 0.6 is 0 Å². The van der Waals surface area contributed by atoms with Gasteiger partial charge >= 0.3 is 0 Å². The van der Waals surface area contributed by atoms with Crippen LogP contribution in [0.2, 0.25) is 0 Å². The maximum Gasteiger partial charge on any atom is 0.225 e. The molecule has 4 nitrogen and oxygen atoms in total. The Morgan fingerprint density at radius 3 is 2.31 bits per heavy atom. The number of hydrogen-bond acceptors (Lipinski definition) is 3. The zero-order chi connectivity index (χ0) is 19.8. The molecular weight excluding hydrogens is 365 g/mol. The Bertz CT molecular complexity index is 732. The highest BCUT2D eigenvalue weighted by Crippen LogP contribution is 2.36. The number of carbonyl (C=O) groups excluding carboxylic acids is 1. The molecule has 158 valence electrons. The number of benzene rings is 1. The summed E-state index contributed by atoms with van der Waals surface area (Å²) in [6, 6.07) is 6.50. The molecule has 5 rings (SSSR count). The van der Waals surface area contributed by atoms with Crippen molar-refractivity contribution in [2.45, 2.75) is 69.9 Å². The predicted octanol–water partition coefficient (Wildman–Crippen LogP) is 3.83. The third kappa shape index (κ3) is 3.90. The van der Waals surface area contributed by atoms with Gasteiger partial charge in [-0.3, -0.25) is 9.69 Å². The molecule has 1 amide bonds. The maximum atomic E-state index is 13.5. The van der Waals surface area contributed by atoms with Crippen LogP contribution < -0.4 is 4.90 Å². The van der Waals surface area contributed by atoms with Gasteiger partial charge in [0.25, 0.3) is 0 Å². The average molecular weight is 400 g/mol. The Hall–Kier alpha value is -1.62. The molecule has 0 aromatic heterocycles. The maximum absolute atomic E-state index is 13.5. The first-order valence-corrected chi connectivity index (χ1v) is 11.8. The number of anilines is 1. The van der Waals surface area contributed by atoms with Crippen molar-refractivity contribution in [3.05, 3.63) is 29.6 Å². The lowest BCUT2D eigenvalue weighted by molar-refractivity contribution is -0.138. The average Bonchev–Trinajstić information content (AvgIpc) is 3.43. The summed E-state index contributed by atoms with van der Waals surface area (Å²) in [5.41, 5.74) is 2.35. The molecule has 29 heavy (non-hydrogen) atoms. The highest BCUT2D eigenvalue weighted by Gasteiger charge is 2.35. The molecule has 3 fully saturated rings. The first-order chi connectivity index (χ1) is 14.2. The minimum absolute atomic E-state index is 0.132. The van der Waals surface area contributed by atoms with Crippen molar-refractivity contribution >= 4 is 11.6 Å². The fourth-order valence-corrected chi connectivity index (χ4v) is 6.24. The van der Waals surface area contributed by atoms with E-state index in [1.807, 2.05) is 6.07 Å². The molecule has 0 N–H and O–H groups in total. The number of hydrogen-bond donors (Lipinski definition) is 0. The van der Waals surface area contributed by atoms with E-state index >= 15 is 0 Å². The van der Waals surface area contributed by atoms with E-state index in [9.17, 15) is 9.18 Å². The second kappa shape index (κ2) is 8.25. The standard InChI is InChI=1S/C24H34FN3O/c25-20-7-10-23-19(17-20)11-12-28(23)22-8-5-18(6-9-22)24(29)27-15-13-26(14-16-27)21-3-1-2-4-21/h7,10,17-18,21-22H,1-6,8-9,11-16H2/t18-,22+. The van der Waals surface area contributed by atoms with Crippen LogP contribution in [0.5, 0.6) is 0 Å². The highest BCUT2D eigenvalue weighted by atomic mass is 19.1. The van der Waals surface area contributed by atoms with Crippen molar-refractivity contribution in [2.75, 3.05) is 37.6 Å². The van der Waals surface area contributed by atoms with Gasteiger partial charge in [-0.1, -0.05) is 12.8 Å². The van der Waals surface area contributed by atoms with Crippen molar-refractivity contribution in [2.24, 2.45) is 5.92 Å². The van der Waals surface area contributed by atoms with Crippen molar-refractivity contribution in [1.29, 1.82) is 0 Å². The van der Waals surface area contributed by atoms with Gasteiger partial charge in [-0.05, 0) is 68.7 Å². The largest absolute Gasteiger partial charge is 0.368 e. The van der Waals surface area contributed by atoms with Gasteiger partial charge in [0.1, 0.15) is 5.82 Å². The number of piperazine rings is 1. The topological polar surface area (TPSA) is 26.8 Å². The van der Waals surface area contributed by atoms with E-state index in [4.69, 9.17) is 0 Å². The van der Waals surface area contributed by atoms with Crippen molar-refractivity contribution in [3.8, 4) is 0 Å². The second-order valence-electron chi connectivity index (χ2n) is 9.52. The summed E-state index contributed by atoms with van der Waals surface area (Å²) < 4.78 is 13.5. The molecule has 2 saturated carbocycles. The Morgan fingerprint density at radius 2 is 1.59 bits per heavy atom. The molecule has 0 atom stereocenters. The molecule has 1 aromatic carbocycles. The SMILES string of the molecule is O=C([C@H]1CC[C@@H](N2CCc3cc(F)ccc32)CC1)N1CCN(C2CCCC2)CC1. The van der Waals surface area contributed by atoms with Gasteiger partial charge in [-0.2, -0.15) is 0 Å². The smallest absolute Gasteiger partial charge is 0.225 e. The molecular formula is C24H34FN3O. The summed E-state index contributed by atoms with van der Waals surface area (Å²) in [4.78, 5) is 20.3. The number of halogens is 1. The number of carbonyl (C=O) groups is 1. The van der Waals surface area contributed by atoms with Crippen LogP contribution in [0.4, 0.5) is 10.1 Å². The third-order valence-electron chi connectivity index (χ3n) is 7.93. The first kappa shape index (κ1) is 19.3. The van der Waals surface area contributed by atoms with Gasteiger partial charge in [0.15, 0.2) is 0 Å². The van der Waals surface area contributed by atoms with Crippen molar-refractivity contribution in [1.82, 2.24) is 9.80 Å². The normalized spacial score (nSPS) is 28.7. The molecule has 2 aliphatic heterocycles. The minimum Gasteiger partial charge on any atom is -0.368 e. The Morgan fingerprint density at radius 1 is 0.862 bits per heavy atom. The van der Waals surface area contributed by atoms with Crippen molar-refractivity contribution < 1.29 is 9.18 Å². The minimum atomic E-state index is -0.132. The van der Waals surface area contributed by atoms with E-state index in [-0.39, 0.29) is 11.7 Å². The molecule has 0 unspecified atom stereocenters. The van der Waals surface area contributed by atoms with Gasteiger partial charge in [-0.25, -0.2) is 4.39 Å². The van der Waals surface area contributed by atoms with Crippen LogP contribution in [-0.2, 0) is 11.2 Å². The second-order valence-corrected chi connectivity index (χ2v) is 9.52. The summed E-state index contributed by atoms with van der Waals surface area (Å²) in [5, 5.41) is 0. The Labute approximate surface area is 174 Å². The number of nitrogens with zero attached hydrogens (tertiary/aromatic N) is 3. The monoisotopic (exact) mass is 399 g/mol. The summed E-state index contributed by atoms with van der Waals surface area (Å²) in [6.07, 6.45) is 10.6.